The molecular weight excluding hydrogens is 745 g/mol. The van der Waals surface area contributed by atoms with Gasteiger partial charge in [-0.1, -0.05) is 41.1 Å². The number of halogens is 2. The Hall–Kier alpha value is -4.01. The second-order valence-electron chi connectivity index (χ2n) is 10.5. The Morgan fingerprint density at radius 1 is 1.20 bits per heavy atom. The smallest absolute Gasteiger partial charge is 0.338 e. The van der Waals surface area contributed by atoms with E-state index in [1.807, 2.05) is 38.1 Å². The summed E-state index contributed by atoms with van der Waals surface area (Å²) in [5.41, 5.74) is 2.24. The van der Waals surface area contributed by atoms with E-state index in [0.717, 1.165) is 5.56 Å². The number of non-ortho nitro benzene ring substituents is 1. The molecule has 2 heterocycles. The van der Waals surface area contributed by atoms with Gasteiger partial charge in [0.2, 0.25) is 0 Å². The van der Waals surface area contributed by atoms with Gasteiger partial charge in [0.05, 0.1) is 37.0 Å². The first kappa shape index (κ1) is 33.4. The number of hydrogen-bond donors (Lipinski definition) is 0. The van der Waals surface area contributed by atoms with Gasteiger partial charge in [-0.3, -0.25) is 19.5 Å². The Kier molecular flexibility index (Phi) is 10.3. The average molecular weight is 774 g/mol. The van der Waals surface area contributed by atoms with E-state index in [1.165, 1.54) is 28.0 Å². The maximum absolute atomic E-state index is 14.3. The summed E-state index contributed by atoms with van der Waals surface area (Å²) in [7, 11) is 0. The molecule has 0 fully saturated rings. The third-order valence-corrected chi connectivity index (χ3v) is 8.95. The van der Waals surface area contributed by atoms with Crippen LogP contribution in [-0.4, -0.2) is 28.2 Å². The predicted molar refractivity (Wildman–Crippen MR) is 184 cm³/mol. The van der Waals surface area contributed by atoms with Gasteiger partial charge >= 0.3 is 5.97 Å². The number of nitro groups is 1. The molecule has 13 heteroatoms. The molecular formula is C33H29ClIN3O7S. The lowest BCUT2D eigenvalue weighted by Gasteiger charge is -2.26. The van der Waals surface area contributed by atoms with Crippen molar-refractivity contribution in [2.45, 2.75) is 46.4 Å². The molecule has 1 atom stereocenters. The van der Waals surface area contributed by atoms with Gasteiger partial charge in [-0.15, -0.1) is 0 Å². The third kappa shape index (κ3) is 7.03. The number of fused-ring (bicyclic) bond motifs is 1. The van der Waals surface area contributed by atoms with Gasteiger partial charge in [0, 0.05) is 28.3 Å². The van der Waals surface area contributed by atoms with Crippen molar-refractivity contribution in [3.8, 4) is 11.5 Å². The van der Waals surface area contributed by atoms with E-state index in [-0.39, 0.29) is 36.1 Å². The second kappa shape index (κ2) is 14.2. The van der Waals surface area contributed by atoms with Crippen LogP contribution in [0.1, 0.15) is 50.4 Å². The highest BCUT2D eigenvalue weighted by Gasteiger charge is 2.35. The summed E-state index contributed by atoms with van der Waals surface area (Å²) in [6.07, 6.45) is 1.54. The van der Waals surface area contributed by atoms with Crippen LogP contribution < -0.4 is 24.4 Å². The number of carbonyl (C=O) groups excluding carboxylic acids is 1. The molecule has 0 amide bonds. The number of carbonyl (C=O) groups is 1. The van der Waals surface area contributed by atoms with E-state index in [4.69, 9.17) is 25.8 Å². The van der Waals surface area contributed by atoms with Crippen LogP contribution in [0.15, 0.2) is 81.7 Å². The molecule has 10 nitrogen and oxygen atoms in total. The highest BCUT2D eigenvalue weighted by Crippen LogP contribution is 2.36. The molecule has 0 saturated heterocycles. The maximum Gasteiger partial charge on any atom is 0.338 e. The van der Waals surface area contributed by atoms with Crippen LogP contribution >= 0.6 is 45.5 Å². The van der Waals surface area contributed by atoms with Crippen LogP contribution in [0.2, 0.25) is 5.02 Å². The summed E-state index contributed by atoms with van der Waals surface area (Å²) in [5.74, 6) is 0.471. The fourth-order valence-corrected chi connectivity index (χ4v) is 7.25. The minimum atomic E-state index is -0.843. The van der Waals surface area contributed by atoms with E-state index in [2.05, 4.69) is 27.6 Å². The van der Waals surface area contributed by atoms with Crippen molar-refractivity contribution in [1.82, 2.24) is 4.57 Å². The molecule has 238 valence electrons. The molecule has 1 aliphatic heterocycles. The summed E-state index contributed by atoms with van der Waals surface area (Å²) in [4.78, 5) is 43.2. The highest BCUT2D eigenvalue weighted by molar-refractivity contribution is 14.1. The molecule has 0 radical (unpaired) electrons. The Bertz CT molecular complexity index is 2040. The van der Waals surface area contributed by atoms with Gasteiger partial charge in [-0.2, -0.15) is 0 Å². The van der Waals surface area contributed by atoms with Crippen LogP contribution in [0.4, 0.5) is 5.69 Å². The van der Waals surface area contributed by atoms with Crippen molar-refractivity contribution in [1.29, 1.82) is 0 Å². The largest absolute Gasteiger partial charge is 0.491 e. The first-order valence-corrected chi connectivity index (χ1v) is 16.6. The summed E-state index contributed by atoms with van der Waals surface area (Å²) < 4.78 is 20.3. The van der Waals surface area contributed by atoms with Gasteiger partial charge in [0.25, 0.3) is 11.2 Å². The number of thiazole rings is 1. The molecule has 5 rings (SSSR count). The highest BCUT2D eigenvalue weighted by atomic mass is 127. The molecule has 3 aromatic carbocycles. The minimum Gasteiger partial charge on any atom is -0.491 e. The van der Waals surface area contributed by atoms with Gasteiger partial charge in [0.1, 0.15) is 24.1 Å². The van der Waals surface area contributed by atoms with Crippen LogP contribution in [0.5, 0.6) is 11.5 Å². The molecule has 0 aliphatic carbocycles. The zero-order valence-corrected chi connectivity index (χ0v) is 29.0. The number of ether oxygens (including phenoxy) is 3. The first-order valence-electron chi connectivity index (χ1n) is 14.3. The Morgan fingerprint density at radius 2 is 1.91 bits per heavy atom. The van der Waals surface area contributed by atoms with E-state index in [9.17, 15) is 19.7 Å². The lowest BCUT2D eigenvalue weighted by atomic mass is 9.95. The topological polar surface area (TPSA) is 122 Å². The number of hydrogen-bond acceptors (Lipinski definition) is 9. The maximum atomic E-state index is 14.3. The van der Waals surface area contributed by atoms with Crippen molar-refractivity contribution >= 4 is 63.3 Å². The molecule has 46 heavy (non-hydrogen) atoms. The third-order valence-electron chi connectivity index (χ3n) is 6.95. The minimum absolute atomic E-state index is 0.0149. The van der Waals surface area contributed by atoms with Crippen molar-refractivity contribution in [3.63, 3.8) is 0 Å². The van der Waals surface area contributed by atoms with E-state index < -0.39 is 16.9 Å². The first-order chi connectivity index (χ1) is 22.0. The van der Waals surface area contributed by atoms with E-state index in [1.54, 1.807) is 44.2 Å². The van der Waals surface area contributed by atoms with Gasteiger partial charge in [-0.25, -0.2) is 9.79 Å². The SMILES string of the molecule is CCOC(=O)C1=C(C)N=c2s/c(=C\c3cc(Cl)cc(I)c3OCc3ccc([N+](=O)[O-])cc3)c(=O)n2[C@H]1c1ccccc1OC(C)C. The molecule has 1 aromatic heterocycles. The van der Waals surface area contributed by atoms with Crippen molar-refractivity contribution < 1.29 is 23.9 Å². The molecule has 0 spiro atoms. The standard InChI is InChI=1S/C33H29ClIN3O7S/c1-5-43-32(40)28-19(4)36-33-37(29(28)24-8-6-7-9-26(24)45-18(2)3)31(39)27(46-33)15-21-14-22(34)16-25(35)30(21)44-17-20-10-12-23(13-11-20)38(41)42/h6-16,18,29H,5,17H2,1-4H3/b27-15-/t29-/m0/s1. The van der Waals surface area contributed by atoms with Crippen LogP contribution in [0.3, 0.4) is 0 Å². The van der Waals surface area contributed by atoms with E-state index in [0.29, 0.717) is 46.2 Å². The number of para-hydroxylation sites is 1. The van der Waals surface area contributed by atoms with Crippen molar-refractivity contribution in [3.05, 3.63) is 127 Å². The van der Waals surface area contributed by atoms with Gasteiger partial charge in [0.15, 0.2) is 4.80 Å². The van der Waals surface area contributed by atoms with Crippen LogP contribution in [-0.2, 0) is 16.1 Å². The summed E-state index contributed by atoms with van der Waals surface area (Å²) in [6.45, 7) is 7.55. The number of esters is 1. The van der Waals surface area contributed by atoms with Crippen LogP contribution in [0.25, 0.3) is 6.08 Å². The normalized spacial score (nSPS) is 14.6. The Balaban J connectivity index is 1.64. The van der Waals surface area contributed by atoms with Crippen LogP contribution in [0, 0.1) is 13.7 Å². The quantitative estimate of drug-likeness (QED) is 0.0800. The molecule has 1 aliphatic rings. The molecule has 0 saturated carbocycles. The summed E-state index contributed by atoms with van der Waals surface area (Å²) >= 11 is 9.74. The zero-order valence-electron chi connectivity index (χ0n) is 25.3. The Morgan fingerprint density at radius 3 is 2.59 bits per heavy atom. The lowest BCUT2D eigenvalue weighted by molar-refractivity contribution is -0.384. The predicted octanol–water partition coefficient (Wildman–Crippen LogP) is 6.33. The van der Waals surface area contributed by atoms with E-state index >= 15 is 0 Å². The number of rotatable bonds is 10. The average Bonchev–Trinajstić information content (AvgIpc) is 3.30. The zero-order chi connectivity index (χ0) is 33.1. The fourth-order valence-electron chi connectivity index (χ4n) is 5.00. The number of allylic oxidation sites excluding steroid dienone is 1. The fraction of sp³-hybridized carbons (Fsp3) is 0.242. The van der Waals surface area contributed by atoms with Gasteiger partial charge < -0.3 is 14.2 Å². The number of nitrogens with zero attached hydrogens (tertiary/aromatic N) is 3. The summed E-state index contributed by atoms with van der Waals surface area (Å²) in [5, 5.41) is 11.5. The monoisotopic (exact) mass is 773 g/mol. The number of aromatic nitrogens is 1. The molecule has 0 bridgehead atoms. The second-order valence-corrected chi connectivity index (χ2v) is 13.1. The van der Waals surface area contributed by atoms with Crippen molar-refractivity contribution in [2.75, 3.05) is 6.61 Å². The number of benzene rings is 3. The molecule has 0 N–H and O–H groups in total. The van der Waals surface area contributed by atoms with Crippen molar-refractivity contribution in [2.24, 2.45) is 4.99 Å². The summed E-state index contributed by atoms with van der Waals surface area (Å²) in [6, 6.07) is 16.0. The lowest BCUT2D eigenvalue weighted by Crippen LogP contribution is -2.40. The van der Waals surface area contributed by atoms with Gasteiger partial charge in [-0.05, 0) is 92.3 Å². The number of nitro benzene ring substituents is 1. The molecule has 0 unspecified atom stereocenters. The molecule has 4 aromatic rings. The Labute approximate surface area is 286 Å².